The van der Waals surface area contributed by atoms with Crippen LogP contribution in [-0.4, -0.2) is 12.9 Å². The van der Waals surface area contributed by atoms with Crippen molar-refractivity contribution in [2.45, 2.75) is 12.3 Å². The molecule has 1 fully saturated rings. The Morgan fingerprint density at radius 3 is 2.65 bits per heavy atom. The summed E-state index contributed by atoms with van der Waals surface area (Å²) >= 11 is 5.99. The SMILES string of the molecule is COc1ccc(Cl)cc1C(=O)C1CC1c1ccccc1. The number of Topliss-reactive ketones (excluding diaryl/α,β-unsaturated/α-hetero) is 1. The monoisotopic (exact) mass is 286 g/mol. The highest BCUT2D eigenvalue weighted by atomic mass is 35.5. The molecule has 2 unspecified atom stereocenters. The summed E-state index contributed by atoms with van der Waals surface area (Å²) in [5.41, 5.74) is 1.82. The first-order valence-corrected chi connectivity index (χ1v) is 7.01. The van der Waals surface area contributed by atoms with Crippen LogP contribution in [0.15, 0.2) is 48.5 Å². The largest absolute Gasteiger partial charge is 0.496 e. The van der Waals surface area contributed by atoms with Crippen LogP contribution in [0.5, 0.6) is 5.75 Å². The minimum absolute atomic E-state index is 0.0461. The highest BCUT2D eigenvalue weighted by molar-refractivity contribution is 6.31. The van der Waals surface area contributed by atoms with Crippen molar-refractivity contribution < 1.29 is 9.53 Å². The third-order valence-corrected chi connectivity index (χ3v) is 4.02. The summed E-state index contributed by atoms with van der Waals surface area (Å²) in [6, 6.07) is 15.3. The lowest BCUT2D eigenvalue weighted by Gasteiger charge is -2.08. The number of methoxy groups -OCH3 is 1. The van der Waals surface area contributed by atoms with Crippen molar-refractivity contribution in [2.24, 2.45) is 5.92 Å². The van der Waals surface area contributed by atoms with Gasteiger partial charge in [0.2, 0.25) is 0 Å². The molecule has 3 rings (SSSR count). The Balaban J connectivity index is 1.83. The summed E-state index contributed by atoms with van der Waals surface area (Å²) in [6.07, 6.45) is 0.901. The minimum Gasteiger partial charge on any atom is -0.496 e. The van der Waals surface area contributed by atoms with E-state index in [0.717, 1.165) is 6.42 Å². The Kier molecular flexibility index (Phi) is 3.49. The smallest absolute Gasteiger partial charge is 0.170 e. The molecule has 20 heavy (non-hydrogen) atoms. The molecule has 0 bridgehead atoms. The fourth-order valence-electron chi connectivity index (χ4n) is 2.63. The number of halogens is 1. The third-order valence-electron chi connectivity index (χ3n) is 3.78. The fraction of sp³-hybridized carbons (Fsp3) is 0.235. The number of hydrogen-bond acceptors (Lipinski definition) is 2. The highest BCUT2D eigenvalue weighted by Crippen LogP contribution is 2.49. The van der Waals surface area contributed by atoms with Gasteiger partial charge in [0.25, 0.3) is 0 Å². The molecule has 0 amide bonds. The van der Waals surface area contributed by atoms with E-state index in [0.29, 0.717) is 22.3 Å². The lowest BCUT2D eigenvalue weighted by molar-refractivity contribution is 0.0962. The molecule has 0 aliphatic heterocycles. The second-order valence-electron chi connectivity index (χ2n) is 5.07. The summed E-state index contributed by atoms with van der Waals surface area (Å²) in [5, 5.41) is 0.561. The summed E-state index contributed by atoms with van der Waals surface area (Å²) in [4.78, 5) is 12.6. The van der Waals surface area contributed by atoms with E-state index in [-0.39, 0.29) is 11.7 Å². The first-order chi connectivity index (χ1) is 9.70. The predicted octanol–water partition coefficient (Wildman–Crippen LogP) is 4.34. The molecule has 0 N–H and O–H groups in total. The average Bonchev–Trinajstić information content (AvgIpc) is 3.28. The van der Waals surface area contributed by atoms with Gasteiger partial charge in [-0.05, 0) is 36.1 Å². The molecule has 0 heterocycles. The number of carbonyl (C=O) groups excluding carboxylic acids is 1. The molecule has 0 saturated heterocycles. The summed E-state index contributed by atoms with van der Waals surface area (Å²) in [7, 11) is 1.57. The van der Waals surface area contributed by atoms with E-state index in [1.165, 1.54) is 5.56 Å². The van der Waals surface area contributed by atoms with Gasteiger partial charge in [-0.3, -0.25) is 4.79 Å². The Labute approximate surface area is 123 Å². The van der Waals surface area contributed by atoms with Crippen molar-refractivity contribution >= 4 is 17.4 Å². The van der Waals surface area contributed by atoms with E-state index in [9.17, 15) is 4.79 Å². The zero-order chi connectivity index (χ0) is 14.1. The van der Waals surface area contributed by atoms with Gasteiger partial charge >= 0.3 is 0 Å². The van der Waals surface area contributed by atoms with Crippen LogP contribution in [0.3, 0.4) is 0 Å². The fourth-order valence-corrected chi connectivity index (χ4v) is 2.80. The lowest BCUT2D eigenvalue weighted by Crippen LogP contribution is -2.05. The van der Waals surface area contributed by atoms with Crippen molar-refractivity contribution in [2.75, 3.05) is 7.11 Å². The highest BCUT2D eigenvalue weighted by Gasteiger charge is 2.44. The number of ketones is 1. The zero-order valence-corrected chi connectivity index (χ0v) is 11.9. The Bertz CT molecular complexity index is 637. The van der Waals surface area contributed by atoms with Gasteiger partial charge in [-0.25, -0.2) is 0 Å². The number of benzene rings is 2. The van der Waals surface area contributed by atoms with E-state index >= 15 is 0 Å². The molecular formula is C17H15ClO2. The first-order valence-electron chi connectivity index (χ1n) is 6.63. The first kappa shape index (κ1) is 13.2. The van der Waals surface area contributed by atoms with Crippen LogP contribution in [-0.2, 0) is 0 Å². The van der Waals surface area contributed by atoms with Crippen LogP contribution < -0.4 is 4.74 Å². The molecule has 2 atom stereocenters. The topological polar surface area (TPSA) is 26.3 Å². The van der Waals surface area contributed by atoms with Crippen LogP contribution in [0.1, 0.15) is 28.3 Å². The van der Waals surface area contributed by atoms with Gasteiger partial charge < -0.3 is 4.74 Å². The molecule has 0 radical (unpaired) electrons. The van der Waals surface area contributed by atoms with Crippen molar-refractivity contribution in [1.82, 2.24) is 0 Å². The van der Waals surface area contributed by atoms with Gasteiger partial charge in [-0.15, -0.1) is 0 Å². The number of ether oxygens (including phenoxy) is 1. The van der Waals surface area contributed by atoms with E-state index in [2.05, 4.69) is 12.1 Å². The van der Waals surface area contributed by atoms with E-state index in [4.69, 9.17) is 16.3 Å². The van der Waals surface area contributed by atoms with E-state index < -0.39 is 0 Å². The summed E-state index contributed by atoms with van der Waals surface area (Å²) in [5.74, 6) is 1.09. The molecule has 0 aromatic heterocycles. The van der Waals surface area contributed by atoms with Crippen molar-refractivity contribution in [3.63, 3.8) is 0 Å². The third kappa shape index (κ3) is 2.44. The van der Waals surface area contributed by atoms with E-state index in [1.54, 1.807) is 25.3 Å². The molecular weight excluding hydrogens is 272 g/mol. The lowest BCUT2D eigenvalue weighted by atomic mass is 10.0. The van der Waals surface area contributed by atoms with Crippen LogP contribution in [0, 0.1) is 5.92 Å². The van der Waals surface area contributed by atoms with Crippen LogP contribution in [0.25, 0.3) is 0 Å². The summed E-state index contributed by atoms with van der Waals surface area (Å²) in [6.45, 7) is 0. The van der Waals surface area contributed by atoms with Gasteiger partial charge in [0.05, 0.1) is 12.7 Å². The van der Waals surface area contributed by atoms with Crippen molar-refractivity contribution in [1.29, 1.82) is 0 Å². The van der Waals surface area contributed by atoms with Crippen LogP contribution in [0.2, 0.25) is 5.02 Å². The maximum absolute atomic E-state index is 12.6. The normalized spacial score (nSPS) is 20.5. The van der Waals surface area contributed by atoms with Gasteiger partial charge in [-0.2, -0.15) is 0 Å². The number of hydrogen-bond donors (Lipinski definition) is 0. The zero-order valence-electron chi connectivity index (χ0n) is 11.2. The standard InChI is InChI=1S/C17H15ClO2/c1-20-16-8-7-12(18)9-15(16)17(19)14-10-13(14)11-5-3-2-4-6-11/h2-9,13-14H,10H2,1H3. The molecule has 3 heteroatoms. The predicted molar refractivity (Wildman–Crippen MR) is 79.6 cm³/mol. The molecule has 102 valence electrons. The Morgan fingerprint density at radius 1 is 1.20 bits per heavy atom. The maximum atomic E-state index is 12.6. The minimum atomic E-state index is 0.0461. The number of carbonyl (C=O) groups is 1. The molecule has 1 aliphatic rings. The second kappa shape index (κ2) is 5.29. The quantitative estimate of drug-likeness (QED) is 0.782. The van der Waals surface area contributed by atoms with Crippen molar-refractivity contribution in [3.8, 4) is 5.75 Å². The average molecular weight is 287 g/mol. The molecule has 2 nitrogen and oxygen atoms in total. The molecule has 1 aliphatic carbocycles. The molecule has 2 aromatic rings. The second-order valence-corrected chi connectivity index (χ2v) is 5.50. The molecule has 1 saturated carbocycles. The summed E-state index contributed by atoms with van der Waals surface area (Å²) < 4.78 is 5.26. The molecule has 0 spiro atoms. The van der Waals surface area contributed by atoms with Gasteiger partial charge in [0, 0.05) is 10.9 Å². The Morgan fingerprint density at radius 2 is 1.95 bits per heavy atom. The molecule has 2 aromatic carbocycles. The van der Waals surface area contributed by atoms with E-state index in [1.807, 2.05) is 18.2 Å². The van der Waals surface area contributed by atoms with Crippen molar-refractivity contribution in [3.05, 3.63) is 64.7 Å². The number of rotatable bonds is 4. The van der Waals surface area contributed by atoms with Gasteiger partial charge in [-0.1, -0.05) is 41.9 Å². The maximum Gasteiger partial charge on any atom is 0.170 e. The Hall–Kier alpha value is -1.80. The van der Waals surface area contributed by atoms with Gasteiger partial charge in [0.15, 0.2) is 5.78 Å². The van der Waals surface area contributed by atoms with Crippen LogP contribution in [0.4, 0.5) is 0 Å². The van der Waals surface area contributed by atoms with Crippen LogP contribution >= 0.6 is 11.6 Å². The van der Waals surface area contributed by atoms with Gasteiger partial charge in [0.1, 0.15) is 5.75 Å².